The normalized spacial score (nSPS) is 18.9. The Balaban J connectivity index is 1.33. The van der Waals surface area contributed by atoms with E-state index in [4.69, 9.17) is 8.83 Å². The lowest BCUT2D eigenvalue weighted by Gasteiger charge is -2.19. The molecule has 29 heavy (non-hydrogen) atoms. The first-order chi connectivity index (χ1) is 14.2. The largest absolute Gasteiger partial charge is 0.467 e. The zero-order chi connectivity index (χ0) is 19.8. The van der Waals surface area contributed by atoms with Gasteiger partial charge in [0.25, 0.3) is 11.1 Å². The molecule has 0 unspecified atom stereocenters. The number of carbonyl (C=O) groups excluding carboxylic acids is 1. The number of aryl methyl sites for hydroxylation is 1. The lowest BCUT2D eigenvalue weighted by atomic mass is 10.0. The number of aromatic nitrogens is 2. The number of nitrogens with zero attached hydrogens (tertiary/aromatic N) is 4. The van der Waals surface area contributed by atoms with E-state index < -0.39 is 0 Å². The van der Waals surface area contributed by atoms with Gasteiger partial charge in [-0.3, -0.25) is 4.79 Å². The highest BCUT2D eigenvalue weighted by Gasteiger charge is 2.35. The third-order valence-electron chi connectivity index (χ3n) is 5.09. The molecule has 148 valence electrons. The Labute approximate surface area is 172 Å². The summed E-state index contributed by atoms with van der Waals surface area (Å²) in [7, 11) is 0. The van der Waals surface area contributed by atoms with Crippen LogP contribution >= 0.6 is 11.8 Å². The van der Waals surface area contributed by atoms with E-state index in [9.17, 15) is 4.79 Å². The van der Waals surface area contributed by atoms with Crippen molar-refractivity contribution in [1.29, 1.82) is 0 Å². The number of amides is 1. The fraction of sp³-hybridized carbons (Fsp3) is 0.333. The highest BCUT2D eigenvalue weighted by molar-refractivity contribution is 7.99. The van der Waals surface area contributed by atoms with Crippen LogP contribution in [0.1, 0.15) is 54.0 Å². The van der Waals surface area contributed by atoms with Crippen molar-refractivity contribution in [2.45, 2.75) is 43.4 Å². The Kier molecular flexibility index (Phi) is 4.71. The molecular weight excluding hydrogens is 388 g/mol. The van der Waals surface area contributed by atoms with Gasteiger partial charge in [0.2, 0.25) is 5.89 Å². The zero-order valence-electron chi connectivity index (χ0n) is 15.9. The summed E-state index contributed by atoms with van der Waals surface area (Å²) in [6.45, 7) is 2.05. The third kappa shape index (κ3) is 3.85. The van der Waals surface area contributed by atoms with Crippen molar-refractivity contribution in [1.82, 2.24) is 15.2 Å². The minimum Gasteiger partial charge on any atom is -0.467 e. The summed E-state index contributed by atoms with van der Waals surface area (Å²) >= 11 is 1.25. The lowest BCUT2D eigenvalue weighted by molar-refractivity contribution is -0.130. The average molecular weight is 408 g/mol. The molecule has 3 heterocycles. The van der Waals surface area contributed by atoms with Crippen LogP contribution in [0, 0.1) is 6.92 Å². The molecule has 7 nitrogen and oxygen atoms in total. The first kappa shape index (κ1) is 18.2. The Morgan fingerprint density at radius 1 is 1.21 bits per heavy atom. The maximum Gasteiger partial charge on any atom is 0.277 e. The van der Waals surface area contributed by atoms with Crippen molar-refractivity contribution in [2.75, 3.05) is 5.75 Å². The topological polar surface area (TPSA) is 84.7 Å². The zero-order valence-corrected chi connectivity index (χ0v) is 16.8. The Hall–Kier alpha value is -2.87. The van der Waals surface area contributed by atoms with Crippen molar-refractivity contribution < 1.29 is 13.6 Å². The first-order valence-corrected chi connectivity index (χ1v) is 10.6. The lowest BCUT2D eigenvalue weighted by Crippen LogP contribution is -2.28. The standard InChI is InChI=1S/C21H20N4O3S/c1-13-4-6-14(7-5-13)16-11-17(18-3-2-10-27-18)25(24-16)19(26)12-29-21-23-22-20(28-21)15-8-9-15/h2-7,10,15,17H,8-9,11-12H2,1H3/t17-/m0/s1. The van der Waals surface area contributed by atoms with Gasteiger partial charge in [0, 0.05) is 12.3 Å². The van der Waals surface area contributed by atoms with E-state index >= 15 is 0 Å². The van der Waals surface area contributed by atoms with E-state index in [0.717, 1.165) is 29.9 Å². The second-order valence-corrected chi connectivity index (χ2v) is 8.28. The molecule has 8 heteroatoms. The Bertz CT molecular complexity index is 1040. The van der Waals surface area contributed by atoms with Crippen molar-refractivity contribution in [3.63, 3.8) is 0 Å². The SMILES string of the molecule is Cc1ccc(C2=NN(C(=O)CSc3nnc(C4CC4)o3)[C@H](c3ccco3)C2)cc1. The molecular formula is C21H20N4O3S. The number of hydrogen-bond donors (Lipinski definition) is 0. The predicted molar refractivity (Wildman–Crippen MR) is 108 cm³/mol. The second kappa shape index (κ2) is 7.51. The van der Waals surface area contributed by atoms with Crippen molar-refractivity contribution in [3.05, 3.63) is 65.4 Å². The van der Waals surface area contributed by atoms with E-state index in [1.165, 1.54) is 22.3 Å². The maximum atomic E-state index is 13.0. The van der Waals surface area contributed by atoms with Crippen LogP contribution in [0.25, 0.3) is 0 Å². The second-order valence-electron chi connectivity index (χ2n) is 7.36. The average Bonchev–Trinajstić information content (AvgIpc) is 3.16. The van der Waals surface area contributed by atoms with Crippen LogP contribution in [-0.2, 0) is 4.79 Å². The van der Waals surface area contributed by atoms with Crippen LogP contribution in [0.15, 0.2) is 61.8 Å². The van der Waals surface area contributed by atoms with Crippen molar-refractivity contribution in [2.24, 2.45) is 5.10 Å². The van der Waals surface area contributed by atoms with E-state index in [1.807, 2.05) is 43.3 Å². The molecule has 1 aliphatic carbocycles. The molecule has 1 aliphatic heterocycles. The van der Waals surface area contributed by atoms with Crippen LogP contribution < -0.4 is 0 Å². The van der Waals surface area contributed by atoms with E-state index in [2.05, 4.69) is 15.3 Å². The minimum atomic E-state index is -0.251. The summed E-state index contributed by atoms with van der Waals surface area (Å²) in [5, 5.41) is 14.7. The van der Waals surface area contributed by atoms with Gasteiger partial charge in [0.05, 0.1) is 17.7 Å². The van der Waals surface area contributed by atoms with E-state index in [-0.39, 0.29) is 17.7 Å². The van der Waals surface area contributed by atoms with Gasteiger partial charge in [-0.2, -0.15) is 5.10 Å². The molecule has 1 fully saturated rings. The summed E-state index contributed by atoms with van der Waals surface area (Å²) in [4.78, 5) is 13.0. The van der Waals surface area contributed by atoms with Crippen LogP contribution in [0.3, 0.4) is 0 Å². The molecule has 1 saturated carbocycles. The molecule has 0 radical (unpaired) electrons. The minimum absolute atomic E-state index is 0.121. The molecule has 0 saturated heterocycles. The number of rotatable bonds is 6. The molecule has 2 aromatic heterocycles. The van der Waals surface area contributed by atoms with Gasteiger partial charge in [-0.15, -0.1) is 10.2 Å². The van der Waals surface area contributed by atoms with Crippen LogP contribution in [0.4, 0.5) is 0 Å². The van der Waals surface area contributed by atoms with Crippen molar-refractivity contribution >= 4 is 23.4 Å². The summed E-state index contributed by atoms with van der Waals surface area (Å²) < 4.78 is 11.2. The highest BCUT2D eigenvalue weighted by Crippen LogP contribution is 2.40. The van der Waals surface area contributed by atoms with E-state index in [1.54, 1.807) is 6.26 Å². The van der Waals surface area contributed by atoms with Crippen LogP contribution in [-0.4, -0.2) is 32.6 Å². The predicted octanol–water partition coefficient (Wildman–Crippen LogP) is 4.32. The maximum absolute atomic E-state index is 13.0. The van der Waals surface area contributed by atoms with Gasteiger partial charge in [-0.25, -0.2) is 5.01 Å². The van der Waals surface area contributed by atoms with Gasteiger partial charge in [0.1, 0.15) is 11.8 Å². The molecule has 1 atom stereocenters. The summed E-state index contributed by atoms with van der Waals surface area (Å²) in [5.74, 6) is 1.85. The van der Waals surface area contributed by atoms with Gasteiger partial charge in [-0.1, -0.05) is 41.6 Å². The van der Waals surface area contributed by atoms with Crippen molar-refractivity contribution in [3.8, 4) is 0 Å². The van der Waals surface area contributed by atoms with Gasteiger partial charge in [-0.05, 0) is 37.5 Å². The van der Waals surface area contributed by atoms with Crippen LogP contribution in [0.5, 0.6) is 0 Å². The Morgan fingerprint density at radius 3 is 2.76 bits per heavy atom. The fourth-order valence-corrected chi connectivity index (χ4v) is 3.95. The number of furan rings is 1. The Morgan fingerprint density at radius 2 is 2.03 bits per heavy atom. The smallest absolute Gasteiger partial charge is 0.277 e. The quantitative estimate of drug-likeness (QED) is 0.565. The molecule has 5 rings (SSSR count). The number of benzene rings is 1. The molecule has 1 aromatic carbocycles. The molecule has 0 spiro atoms. The molecule has 3 aromatic rings. The number of hydrazone groups is 1. The van der Waals surface area contributed by atoms with Gasteiger partial charge >= 0.3 is 0 Å². The summed E-state index contributed by atoms with van der Waals surface area (Å²) in [6, 6.07) is 11.6. The van der Waals surface area contributed by atoms with Crippen LogP contribution in [0.2, 0.25) is 0 Å². The monoisotopic (exact) mass is 408 g/mol. The summed E-state index contributed by atoms with van der Waals surface area (Å²) in [5.41, 5.74) is 3.07. The number of carbonyl (C=O) groups is 1. The number of thioether (sulfide) groups is 1. The molecule has 2 aliphatic rings. The van der Waals surface area contributed by atoms with Gasteiger partial charge < -0.3 is 8.83 Å². The first-order valence-electron chi connectivity index (χ1n) is 9.63. The fourth-order valence-electron chi connectivity index (χ4n) is 3.33. The molecule has 1 amide bonds. The molecule has 0 bridgehead atoms. The van der Waals surface area contributed by atoms with E-state index in [0.29, 0.717) is 23.5 Å². The third-order valence-corrected chi connectivity index (χ3v) is 5.89. The summed E-state index contributed by atoms with van der Waals surface area (Å²) in [6.07, 6.45) is 4.43. The number of hydrogen-bond acceptors (Lipinski definition) is 7. The van der Waals surface area contributed by atoms with Gasteiger partial charge in [0.15, 0.2) is 0 Å². The highest BCUT2D eigenvalue weighted by atomic mass is 32.2. The molecule has 0 N–H and O–H groups in total.